The maximum absolute atomic E-state index is 11.5. The summed E-state index contributed by atoms with van der Waals surface area (Å²) in [5.41, 5.74) is 1.98. The fourth-order valence-corrected chi connectivity index (χ4v) is 1.62. The number of rotatable bonds is 7. The summed E-state index contributed by atoms with van der Waals surface area (Å²) in [7, 11) is 0. The number of hydrogen-bond acceptors (Lipinski definition) is 3. The van der Waals surface area contributed by atoms with E-state index in [0.29, 0.717) is 13.0 Å². The molecule has 1 heterocycles. The van der Waals surface area contributed by atoms with E-state index in [2.05, 4.69) is 10.3 Å². The van der Waals surface area contributed by atoms with Gasteiger partial charge in [-0.3, -0.25) is 14.6 Å². The van der Waals surface area contributed by atoms with Gasteiger partial charge in [-0.25, -0.2) is 0 Å². The lowest BCUT2D eigenvalue weighted by Gasteiger charge is -2.07. The molecule has 0 spiro atoms. The second-order valence-electron chi connectivity index (χ2n) is 3.99. The number of pyridine rings is 1. The molecule has 0 aliphatic heterocycles. The normalized spacial score (nSPS) is 10.1. The first-order valence-corrected chi connectivity index (χ1v) is 6.04. The van der Waals surface area contributed by atoms with E-state index < -0.39 is 5.97 Å². The van der Waals surface area contributed by atoms with E-state index in [4.69, 9.17) is 5.11 Å². The number of nitrogens with one attached hydrogen (secondary N) is 1. The van der Waals surface area contributed by atoms with Crippen LogP contribution < -0.4 is 5.32 Å². The van der Waals surface area contributed by atoms with Crippen molar-refractivity contribution < 1.29 is 14.7 Å². The van der Waals surface area contributed by atoms with Crippen LogP contribution in [-0.2, 0) is 22.6 Å². The number of amides is 1. The number of aromatic nitrogens is 1. The minimum Gasteiger partial charge on any atom is -0.481 e. The Morgan fingerprint density at radius 3 is 2.83 bits per heavy atom. The van der Waals surface area contributed by atoms with E-state index in [1.54, 1.807) is 6.20 Å². The van der Waals surface area contributed by atoms with Crippen molar-refractivity contribution in [2.24, 2.45) is 0 Å². The number of aryl methyl sites for hydroxylation is 1. The Hall–Kier alpha value is -1.91. The third-order valence-corrected chi connectivity index (χ3v) is 2.61. The standard InChI is InChI=1S/C13H18N2O3/c1-2-10-5-4-8-14-11(10)9-15-12(16)6-3-7-13(17)18/h4-5,8H,2-3,6-7,9H2,1H3,(H,15,16)(H,17,18). The lowest BCUT2D eigenvalue weighted by molar-refractivity contribution is -0.137. The van der Waals surface area contributed by atoms with E-state index in [1.165, 1.54) is 0 Å². The van der Waals surface area contributed by atoms with Crippen molar-refractivity contribution in [1.29, 1.82) is 0 Å². The SMILES string of the molecule is CCc1cccnc1CNC(=O)CCCC(=O)O. The van der Waals surface area contributed by atoms with Crippen LogP contribution >= 0.6 is 0 Å². The number of hydrogen-bond donors (Lipinski definition) is 2. The van der Waals surface area contributed by atoms with Gasteiger partial charge in [0.1, 0.15) is 0 Å². The lowest BCUT2D eigenvalue weighted by Crippen LogP contribution is -2.23. The fraction of sp³-hybridized carbons (Fsp3) is 0.462. The summed E-state index contributed by atoms with van der Waals surface area (Å²) < 4.78 is 0. The van der Waals surface area contributed by atoms with Gasteiger partial charge in [-0.05, 0) is 24.5 Å². The van der Waals surface area contributed by atoms with Crippen molar-refractivity contribution >= 4 is 11.9 Å². The highest BCUT2D eigenvalue weighted by molar-refractivity contribution is 5.76. The van der Waals surface area contributed by atoms with Gasteiger partial charge in [0.15, 0.2) is 0 Å². The summed E-state index contributed by atoms with van der Waals surface area (Å²) in [5.74, 6) is -1.01. The molecule has 0 aliphatic rings. The molecule has 98 valence electrons. The molecule has 1 amide bonds. The molecule has 5 heteroatoms. The molecular formula is C13H18N2O3. The Kier molecular flexibility index (Phi) is 5.84. The molecule has 0 aromatic carbocycles. The highest BCUT2D eigenvalue weighted by atomic mass is 16.4. The maximum atomic E-state index is 11.5. The van der Waals surface area contributed by atoms with E-state index in [1.807, 2.05) is 19.1 Å². The second kappa shape index (κ2) is 7.42. The van der Waals surface area contributed by atoms with Crippen LogP contribution in [0.4, 0.5) is 0 Å². The van der Waals surface area contributed by atoms with Crippen LogP contribution in [0.2, 0.25) is 0 Å². The summed E-state index contributed by atoms with van der Waals surface area (Å²) in [6, 6.07) is 3.86. The van der Waals surface area contributed by atoms with Gasteiger partial charge in [0.2, 0.25) is 5.91 Å². The molecule has 0 atom stereocenters. The van der Waals surface area contributed by atoms with Crippen molar-refractivity contribution in [3.05, 3.63) is 29.6 Å². The van der Waals surface area contributed by atoms with Crippen LogP contribution in [0.3, 0.4) is 0 Å². The maximum Gasteiger partial charge on any atom is 0.303 e. The average Bonchev–Trinajstić information content (AvgIpc) is 2.36. The Morgan fingerprint density at radius 2 is 2.17 bits per heavy atom. The third kappa shape index (κ3) is 4.95. The topological polar surface area (TPSA) is 79.3 Å². The Labute approximate surface area is 106 Å². The largest absolute Gasteiger partial charge is 0.481 e. The third-order valence-electron chi connectivity index (χ3n) is 2.61. The predicted molar refractivity (Wildman–Crippen MR) is 66.9 cm³/mol. The highest BCUT2D eigenvalue weighted by Crippen LogP contribution is 2.05. The van der Waals surface area contributed by atoms with E-state index in [-0.39, 0.29) is 18.7 Å². The van der Waals surface area contributed by atoms with Gasteiger partial charge in [0.05, 0.1) is 12.2 Å². The van der Waals surface area contributed by atoms with E-state index in [0.717, 1.165) is 17.7 Å². The van der Waals surface area contributed by atoms with Crippen molar-refractivity contribution in [1.82, 2.24) is 10.3 Å². The Balaban J connectivity index is 2.35. The van der Waals surface area contributed by atoms with Gasteiger partial charge in [-0.15, -0.1) is 0 Å². The molecule has 0 radical (unpaired) electrons. The smallest absolute Gasteiger partial charge is 0.303 e. The molecule has 0 bridgehead atoms. The zero-order chi connectivity index (χ0) is 13.4. The summed E-state index contributed by atoms with van der Waals surface area (Å²) in [6.07, 6.45) is 3.20. The molecule has 5 nitrogen and oxygen atoms in total. The van der Waals surface area contributed by atoms with Crippen molar-refractivity contribution in [3.8, 4) is 0 Å². The van der Waals surface area contributed by atoms with Gasteiger partial charge in [-0.1, -0.05) is 13.0 Å². The second-order valence-corrected chi connectivity index (χ2v) is 3.99. The molecule has 1 aromatic rings. The summed E-state index contributed by atoms with van der Waals surface area (Å²) in [4.78, 5) is 26.0. The molecule has 18 heavy (non-hydrogen) atoms. The molecule has 0 saturated carbocycles. The zero-order valence-electron chi connectivity index (χ0n) is 10.5. The van der Waals surface area contributed by atoms with Gasteiger partial charge >= 0.3 is 5.97 Å². The predicted octanol–water partition coefficient (Wildman–Crippen LogP) is 1.52. The van der Waals surface area contributed by atoms with Crippen LogP contribution in [-0.4, -0.2) is 22.0 Å². The fourth-order valence-electron chi connectivity index (χ4n) is 1.62. The first kappa shape index (κ1) is 14.2. The van der Waals surface area contributed by atoms with Crippen LogP contribution in [0.15, 0.2) is 18.3 Å². The molecule has 2 N–H and O–H groups in total. The summed E-state index contributed by atoms with van der Waals surface area (Å²) >= 11 is 0. The first-order chi connectivity index (χ1) is 8.63. The van der Waals surface area contributed by atoms with E-state index >= 15 is 0 Å². The van der Waals surface area contributed by atoms with Crippen molar-refractivity contribution in [2.75, 3.05) is 0 Å². The minimum absolute atomic E-state index is 0.0250. The molecule has 0 saturated heterocycles. The molecule has 0 fully saturated rings. The Bertz CT molecular complexity index is 418. The van der Waals surface area contributed by atoms with Crippen LogP contribution in [0.5, 0.6) is 0 Å². The molecule has 0 aliphatic carbocycles. The number of carboxylic acids is 1. The first-order valence-electron chi connectivity index (χ1n) is 6.04. The number of carboxylic acid groups (broad SMARTS) is 1. The number of carbonyl (C=O) groups excluding carboxylic acids is 1. The van der Waals surface area contributed by atoms with Crippen LogP contribution in [0, 0.1) is 0 Å². The van der Waals surface area contributed by atoms with Gasteiger partial charge in [0.25, 0.3) is 0 Å². The molecule has 0 unspecified atom stereocenters. The van der Waals surface area contributed by atoms with E-state index in [9.17, 15) is 9.59 Å². The number of aliphatic carboxylic acids is 1. The lowest BCUT2D eigenvalue weighted by atomic mass is 10.1. The molecule has 1 aromatic heterocycles. The minimum atomic E-state index is -0.874. The van der Waals surface area contributed by atoms with Gasteiger partial charge in [-0.2, -0.15) is 0 Å². The average molecular weight is 250 g/mol. The van der Waals surface area contributed by atoms with Crippen LogP contribution in [0.1, 0.15) is 37.4 Å². The summed E-state index contributed by atoms with van der Waals surface area (Å²) in [6.45, 7) is 2.44. The van der Waals surface area contributed by atoms with Gasteiger partial charge in [0, 0.05) is 19.0 Å². The molecule has 1 rings (SSSR count). The van der Waals surface area contributed by atoms with Crippen LogP contribution in [0.25, 0.3) is 0 Å². The molecular weight excluding hydrogens is 232 g/mol. The Morgan fingerprint density at radius 1 is 1.39 bits per heavy atom. The van der Waals surface area contributed by atoms with Gasteiger partial charge < -0.3 is 10.4 Å². The monoisotopic (exact) mass is 250 g/mol. The quantitative estimate of drug-likeness (QED) is 0.769. The summed E-state index contributed by atoms with van der Waals surface area (Å²) in [5, 5.41) is 11.2. The highest BCUT2D eigenvalue weighted by Gasteiger charge is 2.06. The number of carbonyl (C=O) groups is 2. The number of nitrogens with zero attached hydrogens (tertiary/aromatic N) is 1. The van der Waals surface area contributed by atoms with Crippen molar-refractivity contribution in [3.63, 3.8) is 0 Å². The van der Waals surface area contributed by atoms with Crippen molar-refractivity contribution in [2.45, 2.75) is 39.2 Å². The zero-order valence-corrected chi connectivity index (χ0v) is 10.5.